The van der Waals surface area contributed by atoms with E-state index in [1.165, 1.54) is 0 Å². The second-order valence-electron chi connectivity index (χ2n) is 8.86. The van der Waals surface area contributed by atoms with Gasteiger partial charge in [0.05, 0.1) is 5.56 Å². The molecule has 0 aliphatic carbocycles. The van der Waals surface area contributed by atoms with Crippen LogP contribution in [0.3, 0.4) is 0 Å². The van der Waals surface area contributed by atoms with Crippen LogP contribution in [-0.4, -0.2) is 66.8 Å². The van der Waals surface area contributed by atoms with E-state index in [1.807, 2.05) is 52.8 Å². The minimum absolute atomic E-state index is 0.0124. The number of carboxylic acid groups (broad SMARTS) is 1. The molecule has 4 heterocycles. The monoisotopic (exact) mass is 516 g/mol. The van der Waals surface area contributed by atoms with Gasteiger partial charge in [-0.25, -0.2) is 4.79 Å². The van der Waals surface area contributed by atoms with Crippen LogP contribution in [0.1, 0.15) is 32.4 Å². The molecule has 2 aliphatic rings. The van der Waals surface area contributed by atoms with Crippen LogP contribution >= 0.6 is 0 Å². The van der Waals surface area contributed by atoms with E-state index in [0.717, 1.165) is 17.1 Å². The fourth-order valence-electron chi connectivity index (χ4n) is 4.42. The lowest BCUT2D eigenvalue weighted by Gasteiger charge is -2.25. The molecule has 1 aromatic carbocycles. The normalized spacial score (nSPS) is 18.2. The molecule has 194 valence electrons. The molecule has 2 amide bonds. The number of rotatable bonds is 3. The number of aryl methyl sites for hydroxylation is 1. The average molecular weight is 516 g/mol. The SMILES string of the molecule is Cc1cncc(C(=O)N2CC3Cc4nnc(C(=O)Nc5ccccc5)n4CC3C2)c1.O=C(O)C(F)(F)F. The molecule has 5 rings (SSSR count). The highest BCUT2D eigenvalue weighted by Gasteiger charge is 2.41. The maximum Gasteiger partial charge on any atom is 0.490 e. The van der Waals surface area contributed by atoms with Crippen molar-refractivity contribution >= 4 is 23.5 Å². The van der Waals surface area contributed by atoms with Gasteiger partial charge in [0, 0.05) is 44.1 Å². The summed E-state index contributed by atoms with van der Waals surface area (Å²) in [4.78, 5) is 40.6. The third-order valence-electron chi connectivity index (χ3n) is 6.15. The summed E-state index contributed by atoms with van der Waals surface area (Å²) in [6.45, 7) is 3.92. The maximum atomic E-state index is 12.9. The third kappa shape index (κ3) is 5.93. The first kappa shape index (κ1) is 25.8. The van der Waals surface area contributed by atoms with Crippen molar-refractivity contribution in [3.8, 4) is 0 Å². The van der Waals surface area contributed by atoms with Gasteiger partial charge in [0.25, 0.3) is 11.8 Å². The number of aromatic nitrogens is 4. The number of nitrogens with one attached hydrogen (secondary N) is 1. The Morgan fingerprint density at radius 3 is 2.35 bits per heavy atom. The summed E-state index contributed by atoms with van der Waals surface area (Å²) in [6.07, 6.45) is -1.00. The topological polar surface area (TPSA) is 130 Å². The van der Waals surface area contributed by atoms with Gasteiger partial charge >= 0.3 is 12.1 Å². The smallest absolute Gasteiger partial charge is 0.475 e. The van der Waals surface area contributed by atoms with E-state index in [9.17, 15) is 22.8 Å². The number of para-hydroxylation sites is 1. The summed E-state index contributed by atoms with van der Waals surface area (Å²) in [6, 6.07) is 11.2. The van der Waals surface area contributed by atoms with Crippen LogP contribution in [0, 0.1) is 18.8 Å². The van der Waals surface area contributed by atoms with Crippen LogP contribution in [0.15, 0.2) is 48.8 Å². The van der Waals surface area contributed by atoms with Gasteiger partial charge in [-0.2, -0.15) is 13.2 Å². The van der Waals surface area contributed by atoms with Crippen molar-refractivity contribution in [2.24, 2.45) is 11.8 Å². The number of anilines is 1. The summed E-state index contributed by atoms with van der Waals surface area (Å²) in [5, 5.41) is 18.4. The third-order valence-corrected chi connectivity index (χ3v) is 6.15. The quantitative estimate of drug-likeness (QED) is 0.548. The lowest BCUT2D eigenvalue weighted by Crippen LogP contribution is -2.31. The number of carboxylic acids is 1. The van der Waals surface area contributed by atoms with Crippen molar-refractivity contribution in [1.82, 2.24) is 24.6 Å². The van der Waals surface area contributed by atoms with Gasteiger partial charge in [0.2, 0.25) is 5.82 Å². The molecule has 13 heteroatoms. The molecule has 2 aliphatic heterocycles. The van der Waals surface area contributed by atoms with Crippen molar-refractivity contribution < 1.29 is 32.7 Å². The molecular weight excluding hydrogens is 493 g/mol. The lowest BCUT2D eigenvalue weighted by molar-refractivity contribution is -0.192. The van der Waals surface area contributed by atoms with Crippen molar-refractivity contribution in [3.63, 3.8) is 0 Å². The second kappa shape index (κ2) is 10.4. The number of aliphatic carboxylic acids is 1. The minimum atomic E-state index is -5.08. The van der Waals surface area contributed by atoms with Gasteiger partial charge in [0.1, 0.15) is 5.82 Å². The van der Waals surface area contributed by atoms with Gasteiger partial charge in [-0.15, -0.1) is 10.2 Å². The number of fused-ring (bicyclic) bond motifs is 2. The average Bonchev–Trinajstić information content (AvgIpc) is 3.46. The van der Waals surface area contributed by atoms with Crippen LogP contribution in [0.5, 0.6) is 0 Å². The molecule has 2 unspecified atom stereocenters. The predicted molar refractivity (Wildman–Crippen MR) is 124 cm³/mol. The van der Waals surface area contributed by atoms with Crippen molar-refractivity contribution in [3.05, 3.63) is 71.6 Å². The van der Waals surface area contributed by atoms with Crippen LogP contribution in [0.4, 0.5) is 18.9 Å². The fourth-order valence-corrected chi connectivity index (χ4v) is 4.42. The summed E-state index contributed by atoms with van der Waals surface area (Å²) in [5.41, 5.74) is 2.31. The zero-order valence-electron chi connectivity index (χ0n) is 19.6. The number of halogens is 3. The number of carbonyl (C=O) groups excluding carboxylic acids is 2. The van der Waals surface area contributed by atoms with E-state index in [4.69, 9.17) is 9.90 Å². The number of nitrogens with zero attached hydrogens (tertiary/aromatic N) is 5. The van der Waals surface area contributed by atoms with E-state index in [-0.39, 0.29) is 17.7 Å². The second-order valence-corrected chi connectivity index (χ2v) is 8.86. The van der Waals surface area contributed by atoms with E-state index in [1.54, 1.807) is 12.4 Å². The molecule has 0 radical (unpaired) electrons. The standard InChI is InChI=1S/C22H22N6O2.C2HF3O2/c1-14-7-15(10-23-9-14)22(30)27-11-16-8-19-25-26-20(28(19)13-17(16)12-27)21(29)24-18-5-3-2-4-6-18;3-2(4,5)1(6)7/h2-7,9-10,16-17H,8,11-13H2,1H3,(H,24,29);(H,6,7). The number of alkyl halides is 3. The van der Waals surface area contributed by atoms with Crippen LogP contribution in [-0.2, 0) is 17.8 Å². The Balaban J connectivity index is 0.000000405. The molecule has 0 spiro atoms. The Morgan fingerprint density at radius 1 is 1.03 bits per heavy atom. The van der Waals surface area contributed by atoms with Gasteiger partial charge in [-0.1, -0.05) is 18.2 Å². The van der Waals surface area contributed by atoms with Crippen molar-refractivity contribution in [2.45, 2.75) is 26.1 Å². The molecule has 37 heavy (non-hydrogen) atoms. The summed E-state index contributed by atoms with van der Waals surface area (Å²) in [7, 11) is 0. The molecule has 3 aromatic rings. The minimum Gasteiger partial charge on any atom is -0.475 e. The Labute approximate surface area is 209 Å². The van der Waals surface area contributed by atoms with Gasteiger partial charge in [0.15, 0.2) is 0 Å². The number of carbonyl (C=O) groups is 3. The number of likely N-dealkylation sites (tertiary alicyclic amines) is 1. The zero-order valence-corrected chi connectivity index (χ0v) is 19.6. The summed E-state index contributed by atoms with van der Waals surface area (Å²) < 4.78 is 33.6. The number of pyridine rings is 1. The molecule has 2 N–H and O–H groups in total. The number of hydrogen-bond acceptors (Lipinski definition) is 6. The fraction of sp³-hybridized carbons (Fsp3) is 0.333. The first-order valence-corrected chi connectivity index (χ1v) is 11.3. The highest BCUT2D eigenvalue weighted by Crippen LogP contribution is 2.33. The van der Waals surface area contributed by atoms with Crippen molar-refractivity contribution in [1.29, 1.82) is 0 Å². The Bertz CT molecular complexity index is 1310. The van der Waals surface area contributed by atoms with Gasteiger partial charge in [-0.05, 0) is 42.5 Å². The number of amides is 2. The number of benzene rings is 1. The molecule has 2 atom stereocenters. The van der Waals surface area contributed by atoms with Crippen LogP contribution < -0.4 is 5.32 Å². The first-order valence-electron chi connectivity index (χ1n) is 11.3. The number of hydrogen-bond donors (Lipinski definition) is 2. The molecule has 1 fully saturated rings. The Kier molecular flexibility index (Phi) is 7.23. The van der Waals surface area contributed by atoms with Gasteiger partial charge < -0.3 is 19.9 Å². The predicted octanol–water partition coefficient (Wildman–Crippen LogP) is 2.81. The summed E-state index contributed by atoms with van der Waals surface area (Å²) >= 11 is 0. The Hall–Kier alpha value is -4.29. The van der Waals surface area contributed by atoms with Crippen LogP contribution in [0.25, 0.3) is 0 Å². The lowest BCUT2D eigenvalue weighted by atomic mass is 9.89. The molecule has 1 saturated heterocycles. The molecule has 2 aromatic heterocycles. The highest BCUT2D eigenvalue weighted by atomic mass is 19.4. The summed E-state index contributed by atoms with van der Waals surface area (Å²) in [5.74, 6) is -1.28. The van der Waals surface area contributed by atoms with Gasteiger partial charge in [-0.3, -0.25) is 14.6 Å². The zero-order chi connectivity index (χ0) is 26.7. The maximum absolute atomic E-state index is 12.9. The highest BCUT2D eigenvalue weighted by molar-refractivity contribution is 6.01. The molecule has 0 saturated carbocycles. The molecular formula is C24H23F3N6O4. The van der Waals surface area contributed by atoms with E-state index in [0.29, 0.717) is 43.4 Å². The largest absolute Gasteiger partial charge is 0.490 e. The van der Waals surface area contributed by atoms with Crippen molar-refractivity contribution in [2.75, 3.05) is 18.4 Å². The van der Waals surface area contributed by atoms with E-state index >= 15 is 0 Å². The van der Waals surface area contributed by atoms with E-state index < -0.39 is 12.1 Å². The molecule has 10 nitrogen and oxygen atoms in total. The van der Waals surface area contributed by atoms with Crippen LogP contribution in [0.2, 0.25) is 0 Å². The van der Waals surface area contributed by atoms with E-state index in [2.05, 4.69) is 20.5 Å². The Morgan fingerprint density at radius 2 is 1.70 bits per heavy atom. The first-order chi connectivity index (χ1) is 17.5. The molecule has 0 bridgehead atoms.